The molecule has 5 heteroatoms. The van der Waals surface area contributed by atoms with E-state index in [1.54, 1.807) is 0 Å². The van der Waals surface area contributed by atoms with E-state index in [4.69, 9.17) is 0 Å². The molecule has 1 heterocycles. The maximum atomic E-state index is 11.4. The molecule has 0 amide bonds. The summed E-state index contributed by atoms with van der Waals surface area (Å²) in [6, 6.07) is 1.06. The summed E-state index contributed by atoms with van der Waals surface area (Å²) in [5.41, 5.74) is 0. The molecule has 0 aromatic carbocycles. The molecule has 0 radical (unpaired) electrons. The van der Waals surface area contributed by atoms with Gasteiger partial charge in [0, 0.05) is 38.0 Å². The molecule has 0 bridgehead atoms. The molecular weight excluding hydrogens is 272 g/mol. The monoisotopic (exact) mass is 302 g/mol. The number of sulfone groups is 1. The van der Waals surface area contributed by atoms with E-state index in [0.717, 1.165) is 25.4 Å². The first kappa shape index (κ1) is 16.2. The molecule has 2 unspecified atom stereocenters. The average molecular weight is 302 g/mol. The fourth-order valence-electron chi connectivity index (χ4n) is 3.69. The van der Waals surface area contributed by atoms with Crippen molar-refractivity contribution in [1.82, 2.24) is 10.2 Å². The second kappa shape index (κ2) is 7.23. The highest BCUT2D eigenvalue weighted by molar-refractivity contribution is 7.90. The first-order valence-electron chi connectivity index (χ1n) is 8.14. The van der Waals surface area contributed by atoms with Crippen LogP contribution < -0.4 is 5.32 Å². The van der Waals surface area contributed by atoms with Crippen LogP contribution in [0, 0.1) is 5.92 Å². The topological polar surface area (TPSA) is 49.4 Å². The van der Waals surface area contributed by atoms with Crippen molar-refractivity contribution in [2.75, 3.05) is 31.6 Å². The number of piperazine rings is 1. The molecule has 118 valence electrons. The first-order valence-corrected chi connectivity index (χ1v) is 10.2. The van der Waals surface area contributed by atoms with Gasteiger partial charge in [0.05, 0.1) is 5.75 Å². The molecular formula is C15H30N2O2S. The number of nitrogens with one attached hydrogen (secondary N) is 1. The number of hydrogen-bond donors (Lipinski definition) is 1. The minimum Gasteiger partial charge on any atom is -0.311 e. The van der Waals surface area contributed by atoms with Crippen LogP contribution in [0.1, 0.15) is 45.4 Å². The molecule has 2 rings (SSSR count). The van der Waals surface area contributed by atoms with Gasteiger partial charge in [-0.2, -0.15) is 0 Å². The zero-order chi connectivity index (χ0) is 14.6. The van der Waals surface area contributed by atoms with Crippen LogP contribution in [0.3, 0.4) is 0 Å². The number of hydrogen-bond acceptors (Lipinski definition) is 4. The van der Waals surface area contributed by atoms with Gasteiger partial charge in [-0.15, -0.1) is 0 Å². The summed E-state index contributed by atoms with van der Waals surface area (Å²) in [5, 5.41) is 3.73. The predicted molar refractivity (Wildman–Crippen MR) is 83.7 cm³/mol. The Bertz CT molecular complexity index is 391. The maximum absolute atomic E-state index is 11.4. The van der Waals surface area contributed by atoms with Crippen molar-refractivity contribution < 1.29 is 8.42 Å². The largest absolute Gasteiger partial charge is 0.311 e. The lowest BCUT2D eigenvalue weighted by Gasteiger charge is -2.43. The third kappa shape index (κ3) is 4.71. The van der Waals surface area contributed by atoms with Crippen LogP contribution >= 0.6 is 0 Å². The fraction of sp³-hybridized carbons (Fsp3) is 1.00. The molecule has 2 fully saturated rings. The van der Waals surface area contributed by atoms with E-state index in [2.05, 4.69) is 17.1 Å². The molecule has 0 aromatic heterocycles. The highest BCUT2D eigenvalue weighted by atomic mass is 32.2. The Kier molecular flexibility index (Phi) is 5.87. The Hall–Kier alpha value is -0.130. The smallest absolute Gasteiger partial charge is 0.148 e. The molecule has 2 aliphatic rings. The van der Waals surface area contributed by atoms with Crippen LogP contribution in [-0.2, 0) is 9.84 Å². The van der Waals surface area contributed by atoms with Gasteiger partial charge in [-0.1, -0.05) is 26.2 Å². The molecule has 0 aromatic rings. The van der Waals surface area contributed by atoms with Crippen molar-refractivity contribution in [3.8, 4) is 0 Å². The van der Waals surface area contributed by atoms with E-state index >= 15 is 0 Å². The van der Waals surface area contributed by atoms with Gasteiger partial charge in [-0.05, 0) is 25.2 Å². The Balaban J connectivity index is 1.92. The van der Waals surface area contributed by atoms with E-state index in [-0.39, 0.29) is 0 Å². The van der Waals surface area contributed by atoms with E-state index in [0.29, 0.717) is 24.4 Å². The van der Waals surface area contributed by atoms with Gasteiger partial charge < -0.3 is 5.32 Å². The standard InChI is InChI=1S/C15H30N2O2S/c1-3-14-11-16-15(13-7-5-4-6-8-13)12-17(14)9-10-20(2,18)19/h13-16H,3-12H2,1-2H3. The molecule has 1 aliphatic heterocycles. The van der Waals surface area contributed by atoms with Crippen molar-refractivity contribution in [3.05, 3.63) is 0 Å². The molecule has 1 aliphatic carbocycles. The number of nitrogens with zero attached hydrogens (tertiary/aromatic N) is 1. The lowest BCUT2D eigenvalue weighted by atomic mass is 9.82. The molecule has 1 saturated heterocycles. The zero-order valence-corrected chi connectivity index (χ0v) is 13.8. The Labute approximate surface area is 124 Å². The molecule has 4 nitrogen and oxygen atoms in total. The Morgan fingerprint density at radius 1 is 1.20 bits per heavy atom. The van der Waals surface area contributed by atoms with Gasteiger partial charge in [-0.25, -0.2) is 8.42 Å². The van der Waals surface area contributed by atoms with Crippen LogP contribution in [0.25, 0.3) is 0 Å². The minimum atomic E-state index is -2.86. The summed E-state index contributed by atoms with van der Waals surface area (Å²) in [4.78, 5) is 2.41. The van der Waals surface area contributed by atoms with Gasteiger partial charge in [0.25, 0.3) is 0 Å². The molecule has 1 N–H and O–H groups in total. The summed E-state index contributed by atoms with van der Waals surface area (Å²) in [5.74, 6) is 1.09. The summed E-state index contributed by atoms with van der Waals surface area (Å²) >= 11 is 0. The van der Waals surface area contributed by atoms with Crippen LogP contribution in [0.15, 0.2) is 0 Å². The Morgan fingerprint density at radius 3 is 2.50 bits per heavy atom. The second-order valence-electron chi connectivity index (χ2n) is 6.60. The molecule has 0 spiro atoms. The van der Waals surface area contributed by atoms with E-state index < -0.39 is 9.84 Å². The maximum Gasteiger partial charge on any atom is 0.148 e. The first-order chi connectivity index (χ1) is 9.49. The highest BCUT2D eigenvalue weighted by Gasteiger charge is 2.32. The summed E-state index contributed by atoms with van der Waals surface area (Å²) < 4.78 is 22.8. The van der Waals surface area contributed by atoms with E-state index in [9.17, 15) is 8.42 Å². The molecule has 2 atom stereocenters. The molecule has 20 heavy (non-hydrogen) atoms. The van der Waals surface area contributed by atoms with Gasteiger partial charge >= 0.3 is 0 Å². The SMILES string of the molecule is CCC1CNC(C2CCCCC2)CN1CCS(C)(=O)=O. The quantitative estimate of drug-likeness (QED) is 0.839. The van der Waals surface area contributed by atoms with E-state index in [1.165, 1.54) is 38.4 Å². The number of rotatable bonds is 5. The summed E-state index contributed by atoms with van der Waals surface area (Å²) in [6.45, 7) is 4.93. The van der Waals surface area contributed by atoms with E-state index in [1.807, 2.05) is 0 Å². The van der Waals surface area contributed by atoms with Crippen LogP contribution in [0.5, 0.6) is 0 Å². The average Bonchev–Trinajstić information content (AvgIpc) is 2.45. The zero-order valence-electron chi connectivity index (χ0n) is 13.0. The molecule has 1 saturated carbocycles. The summed E-state index contributed by atoms with van der Waals surface area (Å²) in [6.07, 6.45) is 9.23. The fourth-order valence-corrected chi connectivity index (χ4v) is 4.26. The lowest BCUT2D eigenvalue weighted by Crippen LogP contribution is -2.59. The third-order valence-corrected chi connectivity index (χ3v) is 5.93. The lowest BCUT2D eigenvalue weighted by molar-refractivity contribution is 0.0993. The van der Waals surface area contributed by atoms with Crippen LogP contribution in [0.4, 0.5) is 0 Å². The van der Waals surface area contributed by atoms with Crippen LogP contribution in [0.2, 0.25) is 0 Å². The third-order valence-electron chi connectivity index (χ3n) is 5.00. The van der Waals surface area contributed by atoms with Gasteiger partial charge in [0.2, 0.25) is 0 Å². The predicted octanol–water partition coefficient (Wildman–Crippen LogP) is 1.66. The van der Waals surface area contributed by atoms with Crippen molar-refractivity contribution in [1.29, 1.82) is 0 Å². The Morgan fingerprint density at radius 2 is 1.90 bits per heavy atom. The van der Waals surface area contributed by atoms with Crippen molar-refractivity contribution >= 4 is 9.84 Å². The van der Waals surface area contributed by atoms with Crippen LogP contribution in [-0.4, -0.2) is 57.0 Å². The van der Waals surface area contributed by atoms with Gasteiger partial charge in [0.15, 0.2) is 0 Å². The summed E-state index contributed by atoms with van der Waals surface area (Å²) in [7, 11) is -2.86. The minimum absolute atomic E-state index is 0.293. The van der Waals surface area contributed by atoms with Crippen molar-refractivity contribution in [2.24, 2.45) is 5.92 Å². The second-order valence-corrected chi connectivity index (χ2v) is 8.86. The highest BCUT2D eigenvalue weighted by Crippen LogP contribution is 2.28. The van der Waals surface area contributed by atoms with Gasteiger partial charge in [-0.3, -0.25) is 4.90 Å². The van der Waals surface area contributed by atoms with Crippen molar-refractivity contribution in [3.63, 3.8) is 0 Å². The normalized spacial score (nSPS) is 30.5. The van der Waals surface area contributed by atoms with Crippen molar-refractivity contribution in [2.45, 2.75) is 57.5 Å². The van der Waals surface area contributed by atoms with Gasteiger partial charge in [0.1, 0.15) is 9.84 Å².